The maximum absolute atomic E-state index is 13.3. The number of rotatable bonds is 10. The summed E-state index contributed by atoms with van der Waals surface area (Å²) in [5, 5.41) is 12.8. The van der Waals surface area contributed by atoms with Crippen LogP contribution in [0, 0.1) is 5.82 Å². The Bertz CT molecular complexity index is 414. The maximum Gasteiger partial charge on any atom is 0.125 e. The molecule has 1 unspecified atom stereocenters. The van der Waals surface area contributed by atoms with Crippen molar-refractivity contribution in [1.82, 2.24) is 5.32 Å². The van der Waals surface area contributed by atoms with E-state index in [9.17, 15) is 9.50 Å². The Morgan fingerprint density at radius 3 is 2.62 bits per heavy atom. The summed E-state index contributed by atoms with van der Waals surface area (Å²) in [5.74, 6) is -0.189. The second-order valence-electron chi connectivity index (χ2n) is 5.77. The lowest BCUT2D eigenvalue weighted by Gasteiger charge is -2.29. The van der Waals surface area contributed by atoms with E-state index in [1.165, 1.54) is 6.07 Å². The predicted octanol–water partition coefficient (Wildman–Crippen LogP) is 3.18. The first-order valence-electron chi connectivity index (χ1n) is 7.91. The highest BCUT2D eigenvalue weighted by molar-refractivity contribution is 5.46. The molecule has 0 fully saturated rings. The summed E-state index contributed by atoms with van der Waals surface area (Å²) in [6, 6.07) is 6.75. The zero-order valence-corrected chi connectivity index (χ0v) is 13.5. The number of aliphatic hydroxyl groups is 1. The molecule has 3 nitrogen and oxygen atoms in total. The van der Waals surface area contributed by atoms with Gasteiger partial charge in [0.1, 0.15) is 5.82 Å². The SMILES string of the molecule is CCNC(C)(CO)CCCCN(CC)c1cccc(F)c1. The van der Waals surface area contributed by atoms with Crippen molar-refractivity contribution in [1.29, 1.82) is 0 Å². The zero-order valence-electron chi connectivity index (χ0n) is 13.5. The summed E-state index contributed by atoms with van der Waals surface area (Å²) < 4.78 is 13.3. The molecule has 0 aromatic heterocycles. The minimum Gasteiger partial charge on any atom is -0.394 e. The van der Waals surface area contributed by atoms with E-state index in [4.69, 9.17) is 0 Å². The second-order valence-corrected chi connectivity index (χ2v) is 5.77. The Morgan fingerprint density at radius 1 is 1.29 bits per heavy atom. The third-order valence-corrected chi connectivity index (χ3v) is 3.91. The fourth-order valence-corrected chi connectivity index (χ4v) is 2.61. The van der Waals surface area contributed by atoms with Crippen LogP contribution in [-0.4, -0.2) is 36.9 Å². The molecule has 0 saturated carbocycles. The third kappa shape index (κ3) is 6.02. The Balaban J connectivity index is 2.42. The Hall–Kier alpha value is -1.13. The van der Waals surface area contributed by atoms with Gasteiger partial charge in [0.15, 0.2) is 0 Å². The van der Waals surface area contributed by atoms with Gasteiger partial charge in [-0.3, -0.25) is 0 Å². The van der Waals surface area contributed by atoms with Crippen LogP contribution < -0.4 is 10.2 Å². The van der Waals surface area contributed by atoms with Crippen molar-refractivity contribution in [2.24, 2.45) is 0 Å². The molecule has 0 heterocycles. The lowest BCUT2D eigenvalue weighted by atomic mass is 9.95. The van der Waals surface area contributed by atoms with E-state index >= 15 is 0 Å². The van der Waals surface area contributed by atoms with Crippen molar-refractivity contribution in [3.8, 4) is 0 Å². The van der Waals surface area contributed by atoms with Crippen molar-refractivity contribution in [3.05, 3.63) is 30.1 Å². The lowest BCUT2D eigenvalue weighted by molar-refractivity contribution is 0.165. The summed E-state index contributed by atoms with van der Waals surface area (Å²) >= 11 is 0. The van der Waals surface area contributed by atoms with E-state index < -0.39 is 0 Å². The van der Waals surface area contributed by atoms with Gasteiger partial charge in [-0.2, -0.15) is 0 Å². The highest BCUT2D eigenvalue weighted by Crippen LogP contribution is 2.18. The normalized spacial score (nSPS) is 14.0. The van der Waals surface area contributed by atoms with Crippen molar-refractivity contribution in [3.63, 3.8) is 0 Å². The monoisotopic (exact) mass is 296 g/mol. The van der Waals surface area contributed by atoms with Gasteiger partial charge in [-0.05, 0) is 57.9 Å². The van der Waals surface area contributed by atoms with E-state index in [2.05, 4.69) is 31.0 Å². The number of unbranched alkanes of at least 4 members (excludes halogenated alkanes) is 1. The van der Waals surface area contributed by atoms with Crippen LogP contribution in [0.1, 0.15) is 40.0 Å². The van der Waals surface area contributed by atoms with Gasteiger partial charge in [0.05, 0.1) is 6.61 Å². The summed E-state index contributed by atoms with van der Waals surface area (Å²) in [6.07, 6.45) is 3.01. The number of benzene rings is 1. The van der Waals surface area contributed by atoms with E-state index in [1.54, 1.807) is 12.1 Å². The van der Waals surface area contributed by atoms with Gasteiger partial charge in [0.25, 0.3) is 0 Å². The third-order valence-electron chi connectivity index (χ3n) is 3.91. The molecule has 0 radical (unpaired) electrons. The van der Waals surface area contributed by atoms with Crippen LogP contribution in [0.2, 0.25) is 0 Å². The molecule has 1 rings (SSSR count). The number of anilines is 1. The molecular formula is C17H29FN2O. The molecule has 4 heteroatoms. The molecule has 2 N–H and O–H groups in total. The van der Waals surface area contributed by atoms with Gasteiger partial charge in [0.2, 0.25) is 0 Å². The number of halogens is 1. The lowest BCUT2D eigenvalue weighted by Crippen LogP contribution is -2.45. The maximum atomic E-state index is 13.3. The van der Waals surface area contributed by atoms with Crippen molar-refractivity contribution < 1.29 is 9.50 Å². The number of likely N-dealkylation sites (N-methyl/N-ethyl adjacent to an activating group) is 1. The average molecular weight is 296 g/mol. The summed E-state index contributed by atoms with van der Waals surface area (Å²) in [6.45, 7) is 8.99. The first-order chi connectivity index (χ1) is 10.0. The molecule has 0 spiro atoms. The van der Waals surface area contributed by atoms with E-state index in [1.807, 2.05) is 6.07 Å². The van der Waals surface area contributed by atoms with Crippen LogP contribution in [0.25, 0.3) is 0 Å². The van der Waals surface area contributed by atoms with Crippen LogP contribution in [0.5, 0.6) is 0 Å². The van der Waals surface area contributed by atoms with Crippen LogP contribution >= 0.6 is 0 Å². The Morgan fingerprint density at radius 2 is 2.05 bits per heavy atom. The minimum absolute atomic E-state index is 0.155. The summed E-state index contributed by atoms with van der Waals surface area (Å²) in [5.41, 5.74) is 0.749. The van der Waals surface area contributed by atoms with E-state index in [0.717, 1.165) is 44.6 Å². The molecule has 120 valence electrons. The molecule has 0 bridgehead atoms. The molecule has 0 amide bonds. The smallest absolute Gasteiger partial charge is 0.125 e. The second kappa shape index (κ2) is 9.00. The number of nitrogens with zero attached hydrogens (tertiary/aromatic N) is 1. The van der Waals surface area contributed by atoms with Gasteiger partial charge in [-0.15, -0.1) is 0 Å². The van der Waals surface area contributed by atoms with Crippen LogP contribution in [0.3, 0.4) is 0 Å². The molecule has 0 aliphatic rings. The molecule has 0 aliphatic heterocycles. The molecule has 0 aliphatic carbocycles. The Labute approximate surface area is 128 Å². The van der Waals surface area contributed by atoms with Gasteiger partial charge in [-0.1, -0.05) is 13.0 Å². The first-order valence-corrected chi connectivity index (χ1v) is 7.91. The highest BCUT2D eigenvalue weighted by Gasteiger charge is 2.20. The summed E-state index contributed by atoms with van der Waals surface area (Å²) in [4.78, 5) is 2.19. The van der Waals surface area contributed by atoms with Crippen LogP contribution in [0.4, 0.5) is 10.1 Å². The van der Waals surface area contributed by atoms with Gasteiger partial charge in [-0.25, -0.2) is 4.39 Å². The van der Waals surface area contributed by atoms with Gasteiger partial charge < -0.3 is 15.3 Å². The highest BCUT2D eigenvalue weighted by atomic mass is 19.1. The quantitative estimate of drug-likeness (QED) is 0.651. The number of aliphatic hydroxyl groups excluding tert-OH is 1. The number of nitrogens with one attached hydrogen (secondary N) is 1. The summed E-state index contributed by atoms with van der Waals surface area (Å²) in [7, 11) is 0. The van der Waals surface area contributed by atoms with E-state index in [-0.39, 0.29) is 18.0 Å². The molecule has 1 aromatic carbocycles. The standard InChI is InChI=1S/C17H29FN2O/c1-4-19-17(3,14-21)11-6-7-12-20(5-2)16-10-8-9-15(18)13-16/h8-10,13,19,21H,4-7,11-12,14H2,1-3H3. The molecule has 1 atom stereocenters. The fourth-order valence-electron chi connectivity index (χ4n) is 2.61. The predicted molar refractivity (Wildman–Crippen MR) is 87.3 cm³/mol. The molecule has 1 aromatic rings. The average Bonchev–Trinajstić information content (AvgIpc) is 2.47. The van der Waals surface area contributed by atoms with Crippen molar-refractivity contribution in [2.45, 2.75) is 45.6 Å². The fraction of sp³-hybridized carbons (Fsp3) is 0.647. The minimum atomic E-state index is -0.190. The number of hydrogen-bond acceptors (Lipinski definition) is 3. The first kappa shape index (κ1) is 17.9. The van der Waals surface area contributed by atoms with E-state index in [0.29, 0.717) is 0 Å². The molecule has 0 saturated heterocycles. The Kier molecular flexibility index (Phi) is 7.68. The van der Waals surface area contributed by atoms with Gasteiger partial charge >= 0.3 is 0 Å². The largest absolute Gasteiger partial charge is 0.394 e. The zero-order chi connectivity index (χ0) is 15.7. The van der Waals surface area contributed by atoms with Crippen molar-refractivity contribution in [2.75, 3.05) is 31.1 Å². The van der Waals surface area contributed by atoms with Crippen LogP contribution in [0.15, 0.2) is 24.3 Å². The van der Waals surface area contributed by atoms with Crippen LogP contribution in [-0.2, 0) is 0 Å². The van der Waals surface area contributed by atoms with Gasteiger partial charge in [0, 0.05) is 24.3 Å². The topological polar surface area (TPSA) is 35.5 Å². The van der Waals surface area contributed by atoms with Crippen molar-refractivity contribution >= 4 is 5.69 Å². The molecule has 21 heavy (non-hydrogen) atoms. The number of hydrogen-bond donors (Lipinski definition) is 2. The molecular weight excluding hydrogens is 267 g/mol.